The standard InChI is InChI=1S/C14H30O.C3H6O/c1-3-5-7-8-9-10-12-14(13-15)11-6-4-2;1-3-2-4-3/h14-15H,3-13H2,1-2H3;3H,2H2,1H3. The van der Waals surface area contributed by atoms with E-state index in [0.717, 1.165) is 6.61 Å². The van der Waals surface area contributed by atoms with Crippen LogP contribution in [0.5, 0.6) is 0 Å². The van der Waals surface area contributed by atoms with Crippen LogP contribution in [0, 0.1) is 5.92 Å². The highest BCUT2D eigenvalue weighted by Crippen LogP contribution is 2.17. The fourth-order valence-corrected chi connectivity index (χ4v) is 2.13. The van der Waals surface area contributed by atoms with Gasteiger partial charge < -0.3 is 9.84 Å². The molecule has 2 unspecified atom stereocenters. The molecule has 19 heavy (non-hydrogen) atoms. The van der Waals surface area contributed by atoms with E-state index in [2.05, 4.69) is 20.8 Å². The molecular weight excluding hydrogens is 236 g/mol. The average molecular weight is 272 g/mol. The van der Waals surface area contributed by atoms with E-state index in [-0.39, 0.29) is 0 Å². The Morgan fingerprint density at radius 1 is 0.947 bits per heavy atom. The maximum atomic E-state index is 9.19. The lowest BCUT2D eigenvalue weighted by molar-refractivity contribution is 0.205. The van der Waals surface area contributed by atoms with E-state index in [1.807, 2.05) is 0 Å². The molecule has 2 heteroatoms. The van der Waals surface area contributed by atoms with Crippen molar-refractivity contribution in [3.8, 4) is 0 Å². The van der Waals surface area contributed by atoms with E-state index in [1.54, 1.807) is 0 Å². The third-order valence-corrected chi connectivity index (χ3v) is 3.69. The molecule has 1 heterocycles. The molecule has 1 fully saturated rings. The molecule has 116 valence electrons. The molecule has 0 aromatic heterocycles. The SMILES string of the molecule is CC1CO1.CCCCCCCCC(CO)CCCC. The highest BCUT2D eigenvalue weighted by molar-refractivity contribution is 4.58. The van der Waals surface area contributed by atoms with Crippen molar-refractivity contribution in [1.29, 1.82) is 0 Å². The molecule has 0 radical (unpaired) electrons. The summed E-state index contributed by atoms with van der Waals surface area (Å²) in [6.45, 7) is 7.92. The van der Waals surface area contributed by atoms with Crippen molar-refractivity contribution in [2.75, 3.05) is 13.2 Å². The first-order valence-electron chi connectivity index (χ1n) is 8.47. The predicted molar refractivity (Wildman–Crippen MR) is 83.5 cm³/mol. The van der Waals surface area contributed by atoms with Gasteiger partial charge >= 0.3 is 0 Å². The summed E-state index contributed by atoms with van der Waals surface area (Å²) >= 11 is 0. The number of hydrogen-bond donors (Lipinski definition) is 1. The van der Waals surface area contributed by atoms with E-state index in [1.165, 1.54) is 64.2 Å². The van der Waals surface area contributed by atoms with Crippen molar-refractivity contribution in [2.24, 2.45) is 5.92 Å². The number of rotatable bonds is 11. The van der Waals surface area contributed by atoms with Gasteiger partial charge in [0.2, 0.25) is 0 Å². The van der Waals surface area contributed by atoms with Crippen LogP contribution >= 0.6 is 0 Å². The molecule has 1 aliphatic heterocycles. The van der Waals surface area contributed by atoms with Crippen LogP contribution in [0.4, 0.5) is 0 Å². The van der Waals surface area contributed by atoms with Crippen LogP contribution in [0.2, 0.25) is 0 Å². The van der Waals surface area contributed by atoms with Crippen LogP contribution in [0.1, 0.15) is 85.0 Å². The van der Waals surface area contributed by atoms with Gasteiger partial charge in [0.1, 0.15) is 0 Å². The van der Waals surface area contributed by atoms with Crippen molar-refractivity contribution in [3.63, 3.8) is 0 Å². The first-order valence-corrected chi connectivity index (χ1v) is 8.47. The summed E-state index contributed by atoms with van der Waals surface area (Å²) in [4.78, 5) is 0. The first kappa shape index (κ1) is 18.9. The quantitative estimate of drug-likeness (QED) is 0.427. The largest absolute Gasteiger partial charge is 0.396 e. The highest BCUT2D eigenvalue weighted by atomic mass is 16.6. The van der Waals surface area contributed by atoms with Gasteiger partial charge in [-0.05, 0) is 25.7 Å². The van der Waals surface area contributed by atoms with Crippen molar-refractivity contribution in [3.05, 3.63) is 0 Å². The van der Waals surface area contributed by atoms with Gasteiger partial charge in [0, 0.05) is 6.61 Å². The van der Waals surface area contributed by atoms with Gasteiger partial charge in [0.05, 0.1) is 12.7 Å². The van der Waals surface area contributed by atoms with Gasteiger partial charge in [-0.3, -0.25) is 0 Å². The van der Waals surface area contributed by atoms with Crippen LogP contribution in [-0.4, -0.2) is 24.4 Å². The summed E-state index contributed by atoms with van der Waals surface area (Å²) in [6.07, 6.45) is 13.8. The van der Waals surface area contributed by atoms with E-state index in [4.69, 9.17) is 4.74 Å². The minimum atomic E-state index is 0.398. The molecule has 0 aromatic rings. The molecule has 0 aromatic carbocycles. The lowest BCUT2D eigenvalue weighted by Crippen LogP contribution is -2.05. The zero-order valence-electron chi connectivity index (χ0n) is 13.5. The topological polar surface area (TPSA) is 32.8 Å². The third-order valence-electron chi connectivity index (χ3n) is 3.69. The molecule has 0 bridgehead atoms. The lowest BCUT2D eigenvalue weighted by Gasteiger charge is -2.12. The van der Waals surface area contributed by atoms with Gasteiger partial charge in [-0.2, -0.15) is 0 Å². The van der Waals surface area contributed by atoms with Crippen LogP contribution in [-0.2, 0) is 4.74 Å². The normalized spacial score (nSPS) is 18.6. The minimum Gasteiger partial charge on any atom is -0.396 e. The Labute approximate surface area is 120 Å². The van der Waals surface area contributed by atoms with Crippen molar-refractivity contribution >= 4 is 0 Å². The molecule has 1 N–H and O–H groups in total. The number of aliphatic hydroxyl groups excluding tert-OH is 1. The maximum absolute atomic E-state index is 9.19. The predicted octanol–water partition coefficient (Wildman–Crippen LogP) is 4.94. The summed E-state index contributed by atoms with van der Waals surface area (Å²) in [5.41, 5.74) is 0. The zero-order chi connectivity index (χ0) is 14.3. The molecule has 1 saturated heterocycles. The van der Waals surface area contributed by atoms with Gasteiger partial charge in [-0.1, -0.05) is 65.2 Å². The maximum Gasteiger partial charge on any atom is 0.0781 e. The Hall–Kier alpha value is -0.0800. The van der Waals surface area contributed by atoms with Crippen LogP contribution < -0.4 is 0 Å². The summed E-state index contributed by atoms with van der Waals surface area (Å²) in [5.74, 6) is 0.580. The van der Waals surface area contributed by atoms with Crippen LogP contribution in [0.3, 0.4) is 0 Å². The number of ether oxygens (including phenoxy) is 1. The van der Waals surface area contributed by atoms with E-state index < -0.39 is 0 Å². The Morgan fingerprint density at radius 3 is 1.89 bits per heavy atom. The summed E-state index contributed by atoms with van der Waals surface area (Å²) < 4.78 is 4.71. The highest BCUT2D eigenvalue weighted by Gasteiger charge is 2.13. The Kier molecular flexibility index (Phi) is 14.3. The van der Waals surface area contributed by atoms with E-state index in [9.17, 15) is 5.11 Å². The van der Waals surface area contributed by atoms with Crippen LogP contribution in [0.15, 0.2) is 0 Å². The van der Waals surface area contributed by atoms with Gasteiger partial charge in [0.25, 0.3) is 0 Å². The van der Waals surface area contributed by atoms with Gasteiger partial charge in [-0.15, -0.1) is 0 Å². The fraction of sp³-hybridized carbons (Fsp3) is 1.00. The first-order chi connectivity index (χ1) is 9.24. The van der Waals surface area contributed by atoms with Crippen molar-refractivity contribution in [2.45, 2.75) is 91.1 Å². The average Bonchev–Trinajstić information content (AvgIpc) is 3.20. The molecule has 0 aliphatic carbocycles. The molecule has 1 rings (SSSR count). The van der Waals surface area contributed by atoms with Gasteiger partial charge in [0.15, 0.2) is 0 Å². The lowest BCUT2D eigenvalue weighted by atomic mass is 9.96. The molecular formula is C17H36O2. The van der Waals surface area contributed by atoms with Crippen molar-refractivity contribution in [1.82, 2.24) is 0 Å². The van der Waals surface area contributed by atoms with Crippen LogP contribution in [0.25, 0.3) is 0 Å². The molecule has 0 amide bonds. The Morgan fingerprint density at radius 2 is 1.42 bits per heavy atom. The van der Waals surface area contributed by atoms with Crippen molar-refractivity contribution < 1.29 is 9.84 Å². The second-order valence-electron chi connectivity index (χ2n) is 5.89. The minimum absolute atomic E-state index is 0.398. The van der Waals surface area contributed by atoms with E-state index >= 15 is 0 Å². The number of epoxide rings is 1. The summed E-state index contributed by atoms with van der Waals surface area (Å²) in [6, 6.07) is 0. The smallest absolute Gasteiger partial charge is 0.0781 e. The number of unbranched alkanes of at least 4 members (excludes halogenated alkanes) is 6. The zero-order valence-corrected chi connectivity index (χ0v) is 13.5. The fourth-order valence-electron chi connectivity index (χ4n) is 2.13. The number of aliphatic hydroxyl groups is 1. The van der Waals surface area contributed by atoms with E-state index in [0.29, 0.717) is 18.6 Å². The molecule has 2 atom stereocenters. The molecule has 1 aliphatic rings. The second kappa shape index (κ2) is 14.3. The Balaban J connectivity index is 0.000000678. The molecule has 0 saturated carbocycles. The second-order valence-corrected chi connectivity index (χ2v) is 5.89. The summed E-state index contributed by atoms with van der Waals surface area (Å²) in [5, 5.41) is 9.19. The van der Waals surface area contributed by atoms with Gasteiger partial charge in [-0.25, -0.2) is 0 Å². The molecule has 0 spiro atoms. The third kappa shape index (κ3) is 15.9. The Bertz CT molecular complexity index is 167. The monoisotopic (exact) mass is 272 g/mol. The summed E-state index contributed by atoms with van der Waals surface area (Å²) in [7, 11) is 0. The molecule has 2 nitrogen and oxygen atoms in total. The number of hydrogen-bond acceptors (Lipinski definition) is 2.